The SMILES string of the molecule is OC[C@@H](O)[C@H](O)[C@@H](CO)c1ncc[nH]1. The maximum atomic E-state index is 9.52. The highest BCUT2D eigenvalue weighted by molar-refractivity contribution is 5.01. The van der Waals surface area contributed by atoms with E-state index in [1.165, 1.54) is 6.20 Å². The highest BCUT2D eigenvalue weighted by Gasteiger charge is 2.28. The van der Waals surface area contributed by atoms with E-state index in [0.29, 0.717) is 5.82 Å². The lowest BCUT2D eigenvalue weighted by Gasteiger charge is -2.22. The van der Waals surface area contributed by atoms with Crippen molar-refractivity contribution < 1.29 is 20.4 Å². The molecule has 80 valence electrons. The normalized spacial score (nSPS) is 17.7. The molecule has 0 unspecified atom stereocenters. The van der Waals surface area contributed by atoms with Gasteiger partial charge in [0.25, 0.3) is 0 Å². The fraction of sp³-hybridized carbons (Fsp3) is 0.625. The second-order valence-electron chi connectivity index (χ2n) is 3.00. The Labute approximate surface area is 80.9 Å². The molecule has 1 aromatic rings. The molecule has 1 rings (SSSR count). The van der Waals surface area contributed by atoms with Gasteiger partial charge in [-0.05, 0) is 0 Å². The molecule has 0 aliphatic rings. The van der Waals surface area contributed by atoms with Crippen LogP contribution in [0.1, 0.15) is 11.7 Å². The van der Waals surface area contributed by atoms with Crippen LogP contribution in [0.3, 0.4) is 0 Å². The standard InChI is InChI=1S/C8H14N2O4/c11-3-5(7(14)6(13)4-12)8-9-1-2-10-8/h1-2,5-7,11-14H,3-4H2,(H,9,10)/t5-,6-,7-/m1/s1. The van der Waals surface area contributed by atoms with Crippen molar-refractivity contribution in [3.05, 3.63) is 18.2 Å². The Kier molecular flexibility index (Phi) is 4.02. The Hall–Kier alpha value is -0.950. The number of aliphatic hydroxyl groups excluding tert-OH is 4. The van der Waals surface area contributed by atoms with Crippen molar-refractivity contribution in [1.82, 2.24) is 9.97 Å². The number of imidazole rings is 1. The lowest BCUT2D eigenvalue weighted by atomic mass is 9.98. The van der Waals surface area contributed by atoms with E-state index in [1.54, 1.807) is 6.20 Å². The first-order chi connectivity index (χ1) is 6.70. The van der Waals surface area contributed by atoms with Gasteiger partial charge >= 0.3 is 0 Å². The number of aromatic amines is 1. The summed E-state index contributed by atoms with van der Waals surface area (Å²) in [6.45, 7) is -0.913. The molecule has 1 heterocycles. The van der Waals surface area contributed by atoms with Crippen molar-refractivity contribution in [2.75, 3.05) is 13.2 Å². The second kappa shape index (κ2) is 5.06. The largest absolute Gasteiger partial charge is 0.396 e. The van der Waals surface area contributed by atoms with E-state index in [0.717, 1.165) is 0 Å². The predicted molar refractivity (Wildman–Crippen MR) is 47.5 cm³/mol. The highest BCUT2D eigenvalue weighted by Crippen LogP contribution is 2.17. The van der Waals surface area contributed by atoms with E-state index in [9.17, 15) is 10.2 Å². The summed E-state index contributed by atoms with van der Waals surface area (Å²) in [4.78, 5) is 6.58. The maximum Gasteiger partial charge on any atom is 0.114 e. The number of nitrogens with zero attached hydrogens (tertiary/aromatic N) is 1. The molecule has 6 heteroatoms. The number of rotatable bonds is 5. The quantitative estimate of drug-likeness (QED) is 0.387. The number of hydrogen-bond donors (Lipinski definition) is 5. The molecule has 0 fully saturated rings. The molecule has 0 amide bonds. The number of nitrogens with one attached hydrogen (secondary N) is 1. The number of aliphatic hydroxyl groups is 4. The van der Waals surface area contributed by atoms with Gasteiger partial charge in [0.1, 0.15) is 11.9 Å². The minimum atomic E-state index is -1.28. The number of H-pyrrole nitrogens is 1. The van der Waals surface area contributed by atoms with Crippen molar-refractivity contribution >= 4 is 0 Å². The third kappa shape index (κ3) is 2.30. The van der Waals surface area contributed by atoms with Gasteiger partial charge < -0.3 is 25.4 Å². The molecule has 1 aromatic heterocycles. The smallest absolute Gasteiger partial charge is 0.114 e. The van der Waals surface area contributed by atoms with Crippen molar-refractivity contribution in [1.29, 1.82) is 0 Å². The summed E-state index contributed by atoms with van der Waals surface area (Å²) in [6.07, 6.45) is 0.514. The van der Waals surface area contributed by atoms with Crippen LogP contribution in [-0.2, 0) is 0 Å². The van der Waals surface area contributed by atoms with E-state index in [1.807, 2.05) is 0 Å². The number of aromatic nitrogens is 2. The summed E-state index contributed by atoms with van der Waals surface area (Å²) in [7, 11) is 0. The van der Waals surface area contributed by atoms with Gasteiger partial charge in [-0.2, -0.15) is 0 Å². The first-order valence-corrected chi connectivity index (χ1v) is 4.27. The third-order valence-electron chi connectivity index (χ3n) is 2.06. The highest BCUT2D eigenvalue weighted by atomic mass is 16.4. The van der Waals surface area contributed by atoms with Crippen molar-refractivity contribution in [2.45, 2.75) is 18.1 Å². The number of hydrogen-bond acceptors (Lipinski definition) is 5. The van der Waals surface area contributed by atoms with E-state index in [-0.39, 0.29) is 6.61 Å². The van der Waals surface area contributed by atoms with Crippen LogP contribution in [0.5, 0.6) is 0 Å². The van der Waals surface area contributed by atoms with E-state index >= 15 is 0 Å². The second-order valence-corrected chi connectivity index (χ2v) is 3.00. The minimum Gasteiger partial charge on any atom is -0.396 e. The Bertz CT molecular complexity index is 252. The van der Waals surface area contributed by atoms with Crippen LogP contribution in [0.4, 0.5) is 0 Å². The monoisotopic (exact) mass is 202 g/mol. The van der Waals surface area contributed by atoms with Gasteiger partial charge in [-0.15, -0.1) is 0 Å². The summed E-state index contributed by atoms with van der Waals surface area (Å²) < 4.78 is 0. The average Bonchev–Trinajstić information content (AvgIpc) is 2.71. The summed E-state index contributed by atoms with van der Waals surface area (Å²) >= 11 is 0. The van der Waals surface area contributed by atoms with Gasteiger partial charge in [0, 0.05) is 12.4 Å². The van der Waals surface area contributed by atoms with Crippen LogP contribution in [0.25, 0.3) is 0 Å². The fourth-order valence-corrected chi connectivity index (χ4v) is 1.21. The molecule has 6 nitrogen and oxygen atoms in total. The third-order valence-corrected chi connectivity index (χ3v) is 2.06. The van der Waals surface area contributed by atoms with Crippen molar-refractivity contribution in [3.8, 4) is 0 Å². The summed E-state index contributed by atoms with van der Waals surface area (Å²) in [5, 5.41) is 36.3. The van der Waals surface area contributed by atoms with E-state index < -0.39 is 24.7 Å². The zero-order chi connectivity index (χ0) is 10.6. The first kappa shape index (κ1) is 11.1. The summed E-state index contributed by atoms with van der Waals surface area (Å²) in [6, 6.07) is 0. The van der Waals surface area contributed by atoms with Crippen LogP contribution in [0.15, 0.2) is 12.4 Å². The first-order valence-electron chi connectivity index (χ1n) is 4.27. The van der Waals surface area contributed by atoms with E-state index in [4.69, 9.17) is 10.2 Å². The zero-order valence-electron chi connectivity index (χ0n) is 7.54. The molecule has 0 bridgehead atoms. The van der Waals surface area contributed by atoms with Crippen LogP contribution < -0.4 is 0 Å². The van der Waals surface area contributed by atoms with Gasteiger partial charge in [-0.25, -0.2) is 4.98 Å². The predicted octanol–water partition coefficient (Wildman–Crippen LogP) is -1.80. The van der Waals surface area contributed by atoms with Crippen LogP contribution >= 0.6 is 0 Å². The molecule has 14 heavy (non-hydrogen) atoms. The van der Waals surface area contributed by atoms with Crippen molar-refractivity contribution in [3.63, 3.8) is 0 Å². The minimum absolute atomic E-state index is 0.355. The van der Waals surface area contributed by atoms with Crippen LogP contribution in [0, 0.1) is 0 Å². The molecule has 0 saturated carbocycles. The molecule has 0 saturated heterocycles. The Morgan fingerprint density at radius 2 is 2.00 bits per heavy atom. The molecule has 0 radical (unpaired) electrons. The molecular weight excluding hydrogens is 188 g/mol. The Morgan fingerprint density at radius 3 is 2.43 bits per heavy atom. The fourth-order valence-electron chi connectivity index (χ4n) is 1.21. The van der Waals surface area contributed by atoms with Gasteiger partial charge in [-0.3, -0.25) is 0 Å². The molecule has 0 aliphatic heterocycles. The molecule has 0 aromatic carbocycles. The lowest BCUT2D eigenvalue weighted by molar-refractivity contribution is -0.0368. The molecule has 0 aliphatic carbocycles. The zero-order valence-corrected chi connectivity index (χ0v) is 7.54. The van der Waals surface area contributed by atoms with E-state index in [2.05, 4.69) is 9.97 Å². The van der Waals surface area contributed by atoms with Gasteiger partial charge in [0.15, 0.2) is 0 Å². The molecular formula is C8H14N2O4. The average molecular weight is 202 g/mol. The van der Waals surface area contributed by atoms with Crippen LogP contribution in [0.2, 0.25) is 0 Å². The molecule has 0 spiro atoms. The van der Waals surface area contributed by atoms with Gasteiger partial charge in [0.2, 0.25) is 0 Å². The van der Waals surface area contributed by atoms with Gasteiger partial charge in [-0.1, -0.05) is 0 Å². The Morgan fingerprint density at radius 1 is 1.29 bits per heavy atom. The van der Waals surface area contributed by atoms with Crippen LogP contribution in [-0.4, -0.2) is 55.8 Å². The molecule has 3 atom stereocenters. The summed E-state index contributed by atoms with van der Waals surface area (Å²) in [5.41, 5.74) is 0. The van der Waals surface area contributed by atoms with Gasteiger partial charge in [0.05, 0.1) is 25.2 Å². The van der Waals surface area contributed by atoms with Crippen molar-refractivity contribution in [2.24, 2.45) is 0 Å². The molecule has 5 N–H and O–H groups in total. The maximum absolute atomic E-state index is 9.52. The Balaban J connectivity index is 2.72. The lowest BCUT2D eigenvalue weighted by Crippen LogP contribution is -2.36. The summed E-state index contributed by atoms with van der Waals surface area (Å²) in [5.74, 6) is -0.334. The topological polar surface area (TPSA) is 110 Å².